The number of para-hydroxylation sites is 1. The summed E-state index contributed by atoms with van der Waals surface area (Å²) in [7, 11) is 0. The van der Waals surface area contributed by atoms with Gasteiger partial charge in [-0.3, -0.25) is 4.57 Å². The van der Waals surface area contributed by atoms with Crippen molar-refractivity contribution >= 4 is 39.9 Å². The maximum Gasteiger partial charge on any atom is 0.228 e. The average Bonchev–Trinajstić information content (AvgIpc) is 3.56. The molecule has 9 heteroatoms. The molecular formula is C23H30N6OS2. The molecule has 0 radical (unpaired) electrons. The number of anilines is 3. The Morgan fingerprint density at radius 1 is 1.16 bits per heavy atom. The van der Waals surface area contributed by atoms with E-state index in [9.17, 15) is 0 Å². The second kappa shape index (κ2) is 10.2. The molecule has 1 aromatic carbocycles. The average molecular weight is 471 g/mol. The summed E-state index contributed by atoms with van der Waals surface area (Å²) in [5.74, 6) is 2.56. The van der Waals surface area contributed by atoms with Crippen LogP contribution in [0.1, 0.15) is 38.3 Å². The fraction of sp³-hybridized carbons (Fsp3) is 0.522. The summed E-state index contributed by atoms with van der Waals surface area (Å²) in [5, 5.41) is 16.6. The molecule has 32 heavy (non-hydrogen) atoms. The molecule has 0 spiro atoms. The molecule has 2 fully saturated rings. The van der Waals surface area contributed by atoms with Crippen LogP contribution < -0.4 is 10.2 Å². The van der Waals surface area contributed by atoms with Gasteiger partial charge in [0, 0.05) is 36.5 Å². The Morgan fingerprint density at radius 2 is 2.00 bits per heavy atom. The van der Waals surface area contributed by atoms with Gasteiger partial charge in [-0.2, -0.15) is 0 Å². The summed E-state index contributed by atoms with van der Waals surface area (Å²) in [6, 6.07) is 10.2. The first-order chi connectivity index (χ1) is 15.7. The smallest absolute Gasteiger partial charge is 0.228 e. The third kappa shape index (κ3) is 5.27. The fourth-order valence-electron chi connectivity index (χ4n) is 4.20. The highest BCUT2D eigenvalue weighted by Gasteiger charge is 2.26. The number of aromatic nitrogens is 4. The van der Waals surface area contributed by atoms with Crippen molar-refractivity contribution in [3.63, 3.8) is 0 Å². The van der Waals surface area contributed by atoms with Crippen LogP contribution in [-0.4, -0.2) is 45.5 Å². The van der Waals surface area contributed by atoms with Crippen LogP contribution in [0.2, 0.25) is 0 Å². The number of hydrogen-bond acceptors (Lipinski definition) is 8. The molecule has 7 nitrogen and oxygen atoms in total. The Hall–Kier alpha value is -2.10. The number of thioether (sulfide) groups is 1. The Bertz CT molecular complexity index is 993. The topological polar surface area (TPSA) is 68.1 Å². The largest absolute Gasteiger partial charge is 0.376 e. The van der Waals surface area contributed by atoms with Gasteiger partial charge in [0.25, 0.3) is 0 Å². The highest BCUT2D eigenvalue weighted by atomic mass is 32.2. The quantitative estimate of drug-likeness (QED) is 0.455. The van der Waals surface area contributed by atoms with E-state index < -0.39 is 0 Å². The lowest BCUT2D eigenvalue weighted by molar-refractivity contribution is 0.0951. The molecule has 0 bridgehead atoms. The number of rotatable bonds is 8. The first-order valence-corrected chi connectivity index (χ1v) is 13.3. The lowest BCUT2D eigenvalue weighted by Gasteiger charge is -2.31. The van der Waals surface area contributed by atoms with Gasteiger partial charge in [-0.15, -0.1) is 21.5 Å². The fourth-order valence-corrected chi connectivity index (χ4v) is 5.87. The van der Waals surface area contributed by atoms with E-state index in [0.29, 0.717) is 0 Å². The molecule has 0 amide bonds. The van der Waals surface area contributed by atoms with Crippen LogP contribution in [0.4, 0.5) is 16.8 Å². The van der Waals surface area contributed by atoms with Crippen LogP contribution in [0.5, 0.6) is 0 Å². The number of nitrogens with one attached hydrogen (secondary N) is 1. The first kappa shape index (κ1) is 21.7. The molecule has 2 saturated heterocycles. The molecule has 2 aliphatic heterocycles. The zero-order valence-corrected chi connectivity index (χ0v) is 20.1. The number of hydrogen-bond donors (Lipinski definition) is 1. The standard InChI is InChI=1S/C23H30N6OS2/c1-17-9-11-28(12-10-17)22-26-27-23(29(22)14-20-8-5-13-30-20)32-16-19-15-31-21(25-19)24-18-6-3-2-4-7-18/h2-4,6-7,15,17,20H,5,8-14,16H2,1H3,(H,24,25). The maximum atomic E-state index is 5.94. The molecule has 2 aliphatic rings. The normalized spacial score (nSPS) is 19.5. The van der Waals surface area contributed by atoms with Crippen LogP contribution >= 0.6 is 23.1 Å². The van der Waals surface area contributed by atoms with Crippen molar-refractivity contribution in [1.29, 1.82) is 0 Å². The third-order valence-corrected chi connectivity index (χ3v) is 7.91. The molecule has 0 saturated carbocycles. The van der Waals surface area contributed by atoms with Gasteiger partial charge >= 0.3 is 0 Å². The van der Waals surface area contributed by atoms with Gasteiger partial charge in [0.15, 0.2) is 10.3 Å². The van der Waals surface area contributed by atoms with Gasteiger partial charge in [0.2, 0.25) is 5.95 Å². The van der Waals surface area contributed by atoms with Gasteiger partial charge in [-0.1, -0.05) is 36.9 Å². The van der Waals surface area contributed by atoms with Gasteiger partial charge in [-0.05, 0) is 43.7 Å². The lowest BCUT2D eigenvalue weighted by atomic mass is 10.00. The SMILES string of the molecule is CC1CCN(c2nnc(SCc3csc(Nc4ccccc4)n3)n2CC2CCCO2)CC1. The number of piperidine rings is 1. The second-order valence-electron chi connectivity index (χ2n) is 8.62. The zero-order valence-electron chi connectivity index (χ0n) is 18.4. The van der Waals surface area contributed by atoms with E-state index in [1.54, 1.807) is 23.1 Å². The third-order valence-electron chi connectivity index (χ3n) is 6.10. The number of thiazole rings is 1. The van der Waals surface area contributed by atoms with E-state index in [4.69, 9.17) is 9.72 Å². The molecule has 4 heterocycles. The number of ether oxygens (including phenoxy) is 1. The van der Waals surface area contributed by atoms with Gasteiger partial charge in [0.05, 0.1) is 18.3 Å². The van der Waals surface area contributed by atoms with Crippen molar-refractivity contribution in [2.75, 3.05) is 29.9 Å². The minimum absolute atomic E-state index is 0.258. The summed E-state index contributed by atoms with van der Waals surface area (Å²) >= 11 is 3.34. The highest BCUT2D eigenvalue weighted by Crippen LogP contribution is 2.30. The first-order valence-electron chi connectivity index (χ1n) is 11.4. The van der Waals surface area contributed by atoms with Crippen LogP contribution in [0.3, 0.4) is 0 Å². The van der Waals surface area contributed by atoms with E-state index >= 15 is 0 Å². The molecule has 1 unspecified atom stereocenters. The van der Waals surface area contributed by atoms with Crippen molar-refractivity contribution in [2.45, 2.75) is 56.2 Å². The molecule has 2 aromatic heterocycles. The van der Waals surface area contributed by atoms with E-state index in [-0.39, 0.29) is 6.10 Å². The minimum atomic E-state index is 0.258. The van der Waals surface area contributed by atoms with Crippen molar-refractivity contribution in [3.05, 3.63) is 41.4 Å². The van der Waals surface area contributed by atoms with E-state index in [2.05, 4.69) is 37.3 Å². The highest BCUT2D eigenvalue weighted by molar-refractivity contribution is 7.98. The summed E-state index contributed by atoms with van der Waals surface area (Å²) in [6.07, 6.45) is 4.94. The van der Waals surface area contributed by atoms with Crippen LogP contribution in [0, 0.1) is 5.92 Å². The zero-order chi connectivity index (χ0) is 21.8. The van der Waals surface area contributed by atoms with Crippen molar-refractivity contribution in [3.8, 4) is 0 Å². The maximum absolute atomic E-state index is 5.94. The molecule has 5 rings (SSSR count). The summed E-state index contributed by atoms with van der Waals surface area (Å²) < 4.78 is 8.22. The molecule has 1 N–H and O–H groups in total. The van der Waals surface area contributed by atoms with Crippen molar-refractivity contribution < 1.29 is 4.74 Å². The van der Waals surface area contributed by atoms with Gasteiger partial charge in [-0.25, -0.2) is 4.98 Å². The van der Waals surface area contributed by atoms with E-state index in [0.717, 1.165) is 78.4 Å². The van der Waals surface area contributed by atoms with Crippen LogP contribution in [0.25, 0.3) is 0 Å². The predicted molar refractivity (Wildman–Crippen MR) is 131 cm³/mol. The monoisotopic (exact) mass is 470 g/mol. The van der Waals surface area contributed by atoms with Gasteiger partial charge in [0.1, 0.15) is 0 Å². The summed E-state index contributed by atoms with van der Waals surface area (Å²) in [5.41, 5.74) is 2.11. The molecule has 1 atom stereocenters. The second-order valence-corrected chi connectivity index (χ2v) is 10.4. The van der Waals surface area contributed by atoms with Gasteiger partial charge < -0.3 is 15.0 Å². The lowest BCUT2D eigenvalue weighted by Crippen LogP contribution is -2.35. The van der Waals surface area contributed by atoms with Crippen molar-refractivity contribution in [1.82, 2.24) is 19.7 Å². The van der Waals surface area contributed by atoms with Crippen molar-refractivity contribution in [2.24, 2.45) is 5.92 Å². The Morgan fingerprint density at radius 3 is 2.78 bits per heavy atom. The van der Waals surface area contributed by atoms with Crippen LogP contribution in [0.15, 0.2) is 40.9 Å². The molecule has 170 valence electrons. The minimum Gasteiger partial charge on any atom is -0.376 e. The van der Waals surface area contributed by atoms with Crippen LogP contribution in [-0.2, 0) is 17.0 Å². The number of benzene rings is 1. The van der Waals surface area contributed by atoms with E-state index in [1.807, 2.05) is 30.3 Å². The Balaban J connectivity index is 1.27. The van der Waals surface area contributed by atoms with E-state index in [1.165, 1.54) is 12.8 Å². The molecule has 3 aromatic rings. The predicted octanol–water partition coefficient (Wildman–Crippen LogP) is 5.19. The summed E-state index contributed by atoms with van der Waals surface area (Å²) in [4.78, 5) is 7.15. The Kier molecular flexibility index (Phi) is 6.95. The molecule has 0 aliphatic carbocycles. The number of nitrogens with zero attached hydrogens (tertiary/aromatic N) is 5. The summed E-state index contributed by atoms with van der Waals surface area (Å²) in [6.45, 7) is 6.13. The molecular weight excluding hydrogens is 440 g/mol. The Labute approximate surface area is 197 Å².